The zero-order chi connectivity index (χ0) is 11.7. The zero-order valence-corrected chi connectivity index (χ0v) is 10.8. The summed E-state index contributed by atoms with van der Waals surface area (Å²) in [4.78, 5) is 10.8. The Kier molecular flexibility index (Phi) is 3.33. The standard InChI is InChI=1S/C12H18ClN3/c1-4-10-6-5-9(3)16(10)11-8(2)7-14-12(13)15-11/h7,9-10H,4-6H2,1-3H3. The van der Waals surface area contributed by atoms with Crippen molar-refractivity contribution >= 4 is 17.4 Å². The number of nitrogens with zero attached hydrogens (tertiary/aromatic N) is 3. The lowest BCUT2D eigenvalue weighted by Crippen LogP contribution is -2.35. The Balaban J connectivity index is 2.37. The lowest BCUT2D eigenvalue weighted by molar-refractivity contribution is 0.618. The van der Waals surface area contributed by atoms with Gasteiger partial charge in [0.2, 0.25) is 5.28 Å². The number of rotatable bonds is 2. The van der Waals surface area contributed by atoms with Crippen LogP contribution in [0.5, 0.6) is 0 Å². The molecule has 0 spiro atoms. The van der Waals surface area contributed by atoms with E-state index in [2.05, 4.69) is 28.7 Å². The minimum atomic E-state index is 0.342. The first kappa shape index (κ1) is 11.6. The highest BCUT2D eigenvalue weighted by atomic mass is 35.5. The Bertz CT molecular complexity index is 381. The van der Waals surface area contributed by atoms with Crippen molar-refractivity contribution in [3.05, 3.63) is 17.0 Å². The van der Waals surface area contributed by atoms with Gasteiger partial charge in [0, 0.05) is 23.8 Å². The number of aromatic nitrogens is 2. The molecular formula is C12H18ClN3. The summed E-state index contributed by atoms with van der Waals surface area (Å²) in [5, 5.41) is 0.342. The van der Waals surface area contributed by atoms with Crippen LogP contribution in [0.4, 0.5) is 5.82 Å². The van der Waals surface area contributed by atoms with Gasteiger partial charge in [-0.1, -0.05) is 6.92 Å². The molecule has 88 valence electrons. The molecule has 1 aliphatic rings. The van der Waals surface area contributed by atoms with Gasteiger partial charge in [-0.15, -0.1) is 0 Å². The lowest BCUT2D eigenvalue weighted by atomic mass is 10.1. The lowest BCUT2D eigenvalue weighted by Gasteiger charge is -2.30. The van der Waals surface area contributed by atoms with Crippen molar-refractivity contribution in [2.24, 2.45) is 0 Å². The monoisotopic (exact) mass is 239 g/mol. The van der Waals surface area contributed by atoms with Crippen LogP contribution in [0.3, 0.4) is 0 Å². The molecule has 1 aromatic rings. The van der Waals surface area contributed by atoms with Gasteiger partial charge in [-0.25, -0.2) is 9.97 Å². The molecule has 1 aromatic heterocycles. The second-order valence-corrected chi connectivity index (χ2v) is 4.88. The van der Waals surface area contributed by atoms with Crippen LogP contribution in [0.1, 0.15) is 38.7 Å². The van der Waals surface area contributed by atoms with Gasteiger partial charge < -0.3 is 4.90 Å². The summed E-state index contributed by atoms with van der Waals surface area (Å²) in [5.41, 5.74) is 1.11. The van der Waals surface area contributed by atoms with Crippen molar-refractivity contribution in [2.75, 3.05) is 4.90 Å². The van der Waals surface area contributed by atoms with Crippen LogP contribution in [-0.2, 0) is 0 Å². The Morgan fingerprint density at radius 3 is 2.94 bits per heavy atom. The molecule has 1 saturated heterocycles. The molecular weight excluding hydrogens is 222 g/mol. The second-order valence-electron chi connectivity index (χ2n) is 4.54. The molecule has 4 heteroatoms. The number of hydrogen-bond acceptors (Lipinski definition) is 3. The van der Waals surface area contributed by atoms with Crippen LogP contribution in [0, 0.1) is 6.92 Å². The van der Waals surface area contributed by atoms with Crippen molar-refractivity contribution in [2.45, 2.75) is 52.1 Å². The van der Waals surface area contributed by atoms with E-state index in [-0.39, 0.29) is 0 Å². The maximum absolute atomic E-state index is 5.88. The molecule has 2 unspecified atom stereocenters. The Labute approximate surface area is 102 Å². The van der Waals surface area contributed by atoms with E-state index in [1.807, 2.05) is 13.1 Å². The predicted molar refractivity (Wildman–Crippen MR) is 67.0 cm³/mol. The van der Waals surface area contributed by atoms with Crippen molar-refractivity contribution < 1.29 is 0 Å². The van der Waals surface area contributed by atoms with E-state index in [1.165, 1.54) is 12.8 Å². The summed E-state index contributed by atoms with van der Waals surface area (Å²) in [6.45, 7) is 6.53. The third kappa shape index (κ3) is 2.01. The highest BCUT2D eigenvalue weighted by molar-refractivity contribution is 6.28. The highest BCUT2D eigenvalue weighted by Gasteiger charge is 2.31. The molecule has 0 N–H and O–H groups in total. The first-order chi connectivity index (χ1) is 7.63. The van der Waals surface area contributed by atoms with Crippen molar-refractivity contribution in [1.82, 2.24) is 9.97 Å². The summed E-state index contributed by atoms with van der Waals surface area (Å²) < 4.78 is 0. The normalized spacial score (nSPS) is 25.1. The van der Waals surface area contributed by atoms with Gasteiger partial charge in [-0.3, -0.25) is 0 Å². The molecule has 0 bridgehead atoms. The van der Waals surface area contributed by atoms with E-state index in [0.29, 0.717) is 17.4 Å². The van der Waals surface area contributed by atoms with Gasteiger partial charge in [-0.2, -0.15) is 0 Å². The van der Waals surface area contributed by atoms with Gasteiger partial charge in [0.25, 0.3) is 0 Å². The average molecular weight is 240 g/mol. The van der Waals surface area contributed by atoms with Gasteiger partial charge >= 0.3 is 0 Å². The molecule has 0 radical (unpaired) electrons. The summed E-state index contributed by atoms with van der Waals surface area (Å²) in [6, 6.07) is 1.15. The van der Waals surface area contributed by atoms with E-state index < -0.39 is 0 Å². The van der Waals surface area contributed by atoms with Gasteiger partial charge in [0.1, 0.15) is 5.82 Å². The number of halogens is 1. The zero-order valence-electron chi connectivity index (χ0n) is 10.1. The number of aryl methyl sites for hydroxylation is 1. The van der Waals surface area contributed by atoms with E-state index in [1.54, 1.807) is 0 Å². The van der Waals surface area contributed by atoms with Crippen LogP contribution in [0.2, 0.25) is 5.28 Å². The third-order valence-electron chi connectivity index (χ3n) is 3.42. The topological polar surface area (TPSA) is 29.0 Å². The van der Waals surface area contributed by atoms with Crippen molar-refractivity contribution in [3.63, 3.8) is 0 Å². The summed E-state index contributed by atoms with van der Waals surface area (Å²) in [5.74, 6) is 1.01. The largest absolute Gasteiger partial charge is 0.351 e. The van der Waals surface area contributed by atoms with Crippen LogP contribution < -0.4 is 4.90 Å². The van der Waals surface area contributed by atoms with Gasteiger partial charge in [0.05, 0.1) is 0 Å². The Morgan fingerprint density at radius 2 is 2.25 bits per heavy atom. The molecule has 0 amide bonds. The first-order valence-corrected chi connectivity index (χ1v) is 6.28. The van der Waals surface area contributed by atoms with Crippen LogP contribution in [-0.4, -0.2) is 22.1 Å². The van der Waals surface area contributed by atoms with Gasteiger partial charge in [0.15, 0.2) is 0 Å². The fraction of sp³-hybridized carbons (Fsp3) is 0.667. The minimum Gasteiger partial charge on any atom is -0.351 e. The van der Waals surface area contributed by atoms with Crippen LogP contribution >= 0.6 is 11.6 Å². The maximum atomic E-state index is 5.88. The maximum Gasteiger partial charge on any atom is 0.224 e. The summed E-state index contributed by atoms with van der Waals surface area (Å²) in [7, 11) is 0. The molecule has 3 nitrogen and oxygen atoms in total. The Hall–Kier alpha value is -0.830. The van der Waals surface area contributed by atoms with Crippen LogP contribution in [0.15, 0.2) is 6.20 Å². The smallest absolute Gasteiger partial charge is 0.224 e. The molecule has 2 atom stereocenters. The minimum absolute atomic E-state index is 0.342. The average Bonchev–Trinajstić information content (AvgIpc) is 2.63. The molecule has 0 aromatic carbocycles. The highest BCUT2D eigenvalue weighted by Crippen LogP contribution is 2.32. The van der Waals surface area contributed by atoms with Crippen molar-refractivity contribution in [1.29, 1.82) is 0 Å². The van der Waals surface area contributed by atoms with E-state index in [0.717, 1.165) is 17.8 Å². The van der Waals surface area contributed by atoms with Crippen molar-refractivity contribution in [3.8, 4) is 0 Å². The fourth-order valence-corrected chi connectivity index (χ4v) is 2.66. The number of hydrogen-bond donors (Lipinski definition) is 0. The molecule has 1 fully saturated rings. The van der Waals surface area contributed by atoms with E-state index in [4.69, 9.17) is 11.6 Å². The van der Waals surface area contributed by atoms with Crippen LogP contribution in [0.25, 0.3) is 0 Å². The number of anilines is 1. The SMILES string of the molecule is CCC1CCC(C)N1c1nc(Cl)ncc1C. The third-order valence-corrected chi connectivity index (χ3v) is 3.60. The molecule has 2 heterocycles. The fourth-order valence-electron chi connectivity index (χ4n) is 2.53. The first-order valence-electron chi connectivity index (χ1n) is 5.91. The summed E-state index contributed by atoms with van der Waals surface area (Å²) >= 11 is 5.88. The van der Waals surface area contributed by atoms with Gasteiger partial charge in [-0.05, 0) is 44.7 Å². The Morgan fingerprint density at radius 1 is 1.50 bits per heavy atom. The van der Waals surface area contributed by atoms with E-state index >= 15 is 0 Å². The quantitative estimate of drug-likeness (QED) is 0.743. The molecule has 2 rings (SSSR count). The van der Waals surface area contributed by atoms with E-state index in [9.17, 15) is 0 Å². The molecule has 16 heavy (non-hydrogen) atoms. The molecule has 1 aliphatic heterocycles. The molecule has 0 saturated carbocycles. The second kappa shape index (κ2) is 4.58. The molecule has 0 aliphatic carbocycles. The summed E-state index contributed by atoms with van der Waals surface area (Å²) in [6.07, 6.45) is 5.45. The predicted octanol–water partition coefficient (Wildman–Crippen LogP) is 3.21.